The second-order valence-corrected chi connectivity index (χ2v) is 7.41. The van der Waals surface area contributed by atoms with E-state index in [1.54, 1.807) is 13.8 Å². The van der Waals surface area contributed by atoms with Gasteiger partial charge < -0.3 is 14.8 Å². The van der Waals surface area contributed by atoms with Crippen LogP contribution in [-0.2, 0) is 11.2 Å². The average molecular weight is 356 g/mol. The Labute approximate surface area is 155 Å². The maximum absolute atomic E-state index is 14.5. The van der Waals surface area contributed by atoms with E-state index in [9.17, 15) is 14.3 Å². The highest BCUT2D eigenvalue weighted by Gasteiger charge is 2.23. The quantitative estimate of drug-likeness (QED) is 0.591. The molecule has 0 fully saturated rings. The van der Waals surface area contributed by atoms with Crippen LogP contribution in [0.5, 0.6) is 0 Å². The molecule has 1 atom stereocenters. The molecular formula is C22H27FNO2-. The van der Waals surface area contributed by atoms with E-state index in [4.69, 9.17) is 0 Å². The second-order valence-electron chi connectivity index (χ2n) is 7.41. The first-order valence-corrected chi connectivity index (χ1v) is 9.02. The van der Waals surface area contributed by atoms with E-state index in [0.717, 1.165) is 24.6 Å². The molecule has 0 saturated carbocycles. The lowest BCUT2D eigenvalue weighted by Gasteiger charge is -2.38. The fourth-order valence-corrected chi connectivity index (χ4v) is 3.33. The van der Waals surface area contributed by atoms with E-state index in [0.29, 0.717) is 23.1 Å². The third kappa shape index (κ3) is 4.84. The molecule has 1 aromatic carbocycles. The summed E-state index contributed by atoms with van der Waals surface area (Å²) in [6, 6.07) is 6.54. The van der Waals surface area contributed by atoms with Gasteiger partial charge in [-0.2, -0.15) is 0 Å². The van der Waals surface area contributed by atoms with Gasteiger partial charge in [-0.1, -0.05) is 19.1 Å². The van der Waals surface area contributed by atoms with Gasteiger partial charge in [-0.25, -0.2) is 4.39 Å². The van der Waals surface area contributed by atoms with Crippen LogP contribution in [0.15, 0.2) is 47.8 Å². The minimum atomic E-state index is -1.29. The molecule has 1 aromatic rings. The molecule has 4 heteroatoms. The first kappa shape index (κ1) is 20.0. The number of carbonyl (C=O) groups is 1. The Hall–Kier alpha value is -2.36. The van der Waals surface area contributed by atoms with Gasteiger partial charge in [0.25, 0.3) is 0 Å². The van der Waals surface area contributed by atoms with E-state index in [-0.39, 0.29) is 5.83 Å². The van der Waals surface area contributed by atoms with Crippen LogP contribution in [0.2, 0.25) is 0 Å². The predicted octanol–water partition coefficient (Wildman–Crippen LogP) is 4.05. The number of carbonyl (C=O) groups excluding carboxylic acids is 1. The van der Waals surface area contributed by atoms with Crippen molar-refractivity contribution in [3.63, 3.8) is 0 Å². The summed E-state index contributed by atoms with van der Waals surface area (Å²) in [4.78, 5) is 12.9. The Morgan fingerprint density at radius 3 is 2.62 bits per heavy atom. The summed E-state index contributed by atoms with van der Waals surface area (Å²) >= 11 is 0. The second kappa shape index (κ2) is 8.35. The molecule has 140 valence electrons. The summed E-state index contributed by atoms with van der Waals surface area (Å²) in [5.41, 5.74) is 4.31. The van der Waals surface area contributed by atoms with Crippen molar-refractivity contribution in [2.45, 2.75) is 47.1 Å². The molecule has 0 radical (unpaired) electrons. The van der Waals surface area contributed by atoms with E-state index < -0.39 is 5.97 Å². The van der Waals surface area contributed by atoms with Gasteiger partial charge in [0.1, 0.15) is 5.83 Å². The minimum absolute atomic E-state index is 0.374. The molecule has 0 N–H and O–H groups in total. The van der Waals surface area contributed by atoms with Gasteiger partial charge in [-0.05, 0) is 86.6 Å². The number of hydrogen-bond acceptors (Lipinski definition) is 3. The summed E-state index contributed by atoms with van der Waals surface area (Å²) < 4.78 is 14.5. The number of hydrogen-bond donors (Lipinski definition) is 0. The van der Waals surface area contributed by atoms with Crippen LogP contribution < -0.4 is 10.0 Å². The molecular weight excluding hydrogens is 329 g/mol. The number of nitrogens with zero attached hydrogens (tertiary/aromatic N) is 1. The molecule has 26 heavy (non-hydrogen) atoms. The third-order valence-electron chi connectivity index (χ3n) is 4.72. The van der Waals surface area contributed by atoms with Crippen LogP contribution in [-0.4, -0.2) is 18.6 Å². The molecule has 1 aliphatic heterocycles. The van der Waals surface area contributed by atoms with Gasteiger partial charge in [0, 0.05) is 18.3 Å². The molecule has 2 rings (SSSR count). The van der Waals surface area contributed by atoms with Crippen molar-refractivity contribution in [2.24, 2.45) is 5.92 Å². The Bertz CT molecular complexity index is 774. The monoisotopic (exact) mass is 356 g/mol. The lowest BCUT2D eigenvalue weighted by molar-refractivity contribution is -0.297. The number of carboxylic acid groups (broad SMARTS) is 1. The highest BCUT2D eigenvalue weighted by atomic mass is 19.1. The van der Waals surface area contributed by atoms with Crippen molar-refractivity contribution in [1.82, 2.24) is 0 Å². The molecule has 0 amide bonds. The molecule has 0 aliphatic carbocycles. The number of allylic oxidation sites excluding steroid dienone is 5. The van der Waals surface area contributed by atoms with Crippen LogP contribution in [0.4, 0.5) is 10.1 Å². The Kier molecular flexibility index (Phi) is 6.41. The number of carboxylic acids is 1. The predicted molar refractivity (Wildman–Crippen MR) is 103 cm³/mol. The van der Waals surface area contributed by atoms with Gasteiger partial charge in [0.2, 0.25) is 0 Å². The standard InChI is InChI=1S/C22H28FNO2/c1-14(2)24-13-16(4)10-19-12-18(7-9-21(19)24)17(5)20(23)8-6-15(3)11-22(25)26/h6-9,11-12,14,16H,10,13H2,1-5H3,(H,25,26)/p-1/b8-6+,15-11+,20-17+. The molecule has 0 aromatic heterocycles. The van der Waals surface area contributed by atoms with Crippen LogP contribution in [0.25, 0.3) is 5.57 Å². The largest absolute Gasteiger partial charge is 0.545 e. The topological polar surface area (TPSA) is 43.4 Å². The Morgan fingerprint density at radius 1 is 1.31 bits per heavy atom. The lowest BCUT2D eigenvalue weighted by atomic mass is 9.90. The molecule has 1 heterocycles. The molecule has 0 spiro atoms. The Morgan fingerprint density at radius 2 is 2.00 bits per heavy atom. The lowest BCUT2D eigenvalue weighted by Crippen LogP contribution is -2.39. The van der Waals surface area contributed by atoms with E-state index in [1.165, 1.54) is 23.4 Å². The number of halogens is 1. The van der Waals surface area contributed by atoms with Gasteiger partial charge in [-0.3, -0.25) is 0 Å². The highest BCUT2D eigenvalue weighted by molar-refractivity contribution is 5.79. The molecule has 1 aliphatic rings. The Balaban J connectivity index is 2.33. The van der Waals surface area contributed by atoms with Crippen molar-refractivity contribution in [3.8, 4) is 0 Å². The number of fused-ring (bicyclic) bond motifs is 1. The number of anilines is 1. The summed E-state index contributed by atoms with van der Waals surface area (Å²) in [6.45, 7) is 11.0. The zero-order valence-corrected chi connectivity index (χ0v) is 16.2. The summed E-state index contributed by atoms with van der Waals surface area (Å²) in [6.07, 6.45) is 4.67. The zero-order chi connectivity index (χ0) is 19.4. The van der Waals surface area contributed by atoms with E-state index in [2.05, 4.69) is 37.8 Å². The van der Waals surface area contributed by atoms with Gasteiger partial charge in [-0.15, -0.1) is 0 Å². The van der Waals surface area contributed by atoms with Gasteiger partial charge in [0.05, 0.1) is 5.97 Å². The number of benzene rings is 1. The highest BCUT2D eigenvalue weighted by Crippen LogP contribution is 2.34. The number of aliphatic carboxylic acids is 1. The van der Waals surface area contributed by atoms with Gasteiger partial charge >= 0.3 is 0 Å². The fraction of sp³-hybridized carbons (Fsp3) is 0.409. The van der Waals surface area contributed by atoms with Crippen LogP contribution in [0, 0.1) is 5.92 Å². The molecule has 0 bridgehead atoms. The summed E-state index contributed by atoms with van der Waals surface area (Å²) in [7, 11) is 0. The van der Waals surface area contributed by atoms with E-state index in [1.807, 2.05) is 6.07 Å². The van der Waals surface area contributed by atoms with Crippen molar-refractivity contribution in [2.75, 3.05) is 11.4 Å². The molecule has 1 unspecified atom stereocenters. The first-order valence-electron chi connectivity index (χ1n) is 9.02. The van der Waals surface area contributed by atoms with Gasteiger partial charge in [0.15, 0.2) is 0 Å². The third-order valence-corrected chi connectivity index (χ3v) is 4.72. The normalized spacial score (nSPS) is 19.0. The van der Waals surface area contributed by atoms with E-state index >= 15 is 0 Å². The zero-order valence-electron chi connectivity index (χ0n) is 16.2. The smallest absolute Gasteiger partial charge is 0.126 e. The SMILES string of the molecule is CC(/C=C/C(F)=C(/C)c1ccc2c(c1)CC(C)CN2C(C)C)=C\C(=O)[O-]. The summed E-state index contributed by atoms with van der Waals surface area (Å²) in [5, 5.41) is 10.5. The van der Waals surface area contributed by atoms with Crippen LogP contribution >= 0.6 is 0 Å². The average Bonchev–Trinajstić information content (AvgIpc) is 2.56. The van der Waals surface area contributed by atoms with Crippen molar-refractivity contribution < 1.29 is 14.3 Å². The maximum Gasteiger partial charge on any atom is 0.126 e. The number of rotatable bonds is 5. The maximum atomic E-state index is 14.5. The van der Waals surface area contributed by atoms with Crippen molar-refractivity contribution >= 4 is 17.2 Å². The van der Waals surface area contributed by atoms with Crippen LogP contribution in [0.3, 0.4) is 0 Å². The fourth-order valence-electron chi connectivity index (χ4n) is 3.33. The van der Waals surface area contributed by atoms with Crippen molar-refractivity contribution in [3.05, 3.63) is 59.0 Å². The first-order chi connectivity index (χ1) is 12.2. The van der Waals surface area contributed by atoms with Crippen LogP contribution in [0.1, 0.15) is 45.7 Å². The van der Waals surface area contributed by atoms with Crippen molar-refractivity contribution in [1.29, 1.82) is 0 Å². The minimum Gasteiger partial charge on any atom is -0.545 e. The molecule has 0 saturated heterocycles. The molecule has 3 nitrogen and oxygen atoms in total. The summed E-state index contributed by atoms with van der Waals surface area (Å²) in [5.74, 6) is -1.10.